The second-order valence-corrected chi connectivity index (χ2v) is 3.82. The SMILES string of the molecule is NC(=O)CC(O)C(O)c1ccc(OCCO)cc1. The number of nitrogens with two attached hydrogens (primary N) is 1. The van der Waals surface area contributed by atoms with Crippen LogP contribution >= 0.6 is 0 Å². The summed E-state index contributed by atoms with van der Waals surface area (Å²) in [4.78, 5) is 10.6. The van der Waals surface area contributed by atoms with Crippen molar-refractivity contribution in [2.45, 2.75) is 18.6 Å². The maximum Gasteiger partial charge on any atom is 0.220 e. The summed E-state index contributed by atoms with van der Waals surface area (Å²) in [6, 6.07) is 6.35. The van der Waals surface area contributed by atoms with E-state index in [9.17, 15) is 15.0 Å². The van der Waals surface area contributed by atoms with Gasteiger partial charge in [0.2, 0.25) is 5.91 Å². The standard InChI is InChI=1S/C12H17NO5/c13-11(16)7-10(15)12(17)8-1-3-9(4-2-8)18-6-5-14/h1-4,10,12,14-15,17H,5-7H2,(H2,13,16). The molecule has 6 nitrogen and oxygen atoms in total. The Labute approximate surface area is 105 Å². The summed E-state index contributed by atoms with van der Waals surface area (Å²) in [5.41, 5.74) is 5.39. The zero-order chi connectivity index (χ0) is 13.5. The van der Waals surface area contributed by atoms with Crippen LogP contribution in [0.2, 0.25) is 0 Å². The van der Waals surface area contributed by atoms with Crippen molar-refractivity contribution in [1.82, 2.24) is 0 Å². The molecule has 1 aromatic rings. The largest absolute Gasteiger partial charge is 0.491 e. The Hall–Kier alpha value is -1.63. The van der Waals surface area contributed by atoms with E-state index in [1.54, 1.807) is 24.3 Å². The Balaban J connectivity index is 2.63. The lowest BCUT2D eigenvalue weighted by molar-refractivity contribution is -0.121. The number of hydrogen-bond donors (Lipinski definition) is 4. The summed E-state index contributed by atoms with van der Waals surface area (Å²) in [6.45, 7) is 0.105. The van der Waals surface area contributed by atoms with Gasteiger partial charge >= 0.3 is 0 Å². The molecule has 0 saturated carbocycles. The molecule has 5 N–H and O–H groups in total. The fourth-order valence-electron chi connectivity index (χ4n) is 1.46. The first-order valence-electron chi connectivity index (χ1n) is 5.52. The van der Waals surface area contributed by atoms with Crippen molar-refractivity contribution in [2.24, 2.45) is 5.73 Å². The lowest BCUT2D eigenvalue weighted by Gasteiger charge is -2.17. The van der Waals surface area contributed by atoms with Gasteiger partial charge in [0.15, 0.2) is 0 Å². The first-order chi connectivity index (χ1) is 8.54. The molecule has 100 valence electrons. The third-order valence-electron chi connectivity index (χ3n) is 2.36. The third-order valence-corrected chi connectivity index (χ3v) is 2.36. The third kappa shape index (κ3) is 4.33. The molecule has 1 rings (SSSR count). The summed E-state index contributed by atoms with van der Waals surface area (Å²) < 4.78 is 5.15. The Morgan fingerprint density at radius 2 is 1.89 bits per heavy atom. The minimum Gasteiger partial charge on any atom is -0.491 e. The van der Waals surface area contributed by atoms with Gasteiger partial charge in [-0.2, -0.15) is 0 Å². The predicted molar refractivity (Wildman–Crippen MR) is 63.8 cm³/mol. The smallest absolute Gasteiger partial charge is 0.220 e. The van der Waals surface area contributed by atoms with E-state index < -0.39 is 18.1 Å². The van der Waals surface area contributed by atoms with E-state index in [0.717, 1.165) is 0 Å². The van der Waals surface area contributed by atoms with Gasteiger partial charge in [0.05, 0.1) is 19.1 Å². The highest BCUT2D eigenvalue weighted by molar-refractivity contribution is 5.74. The molecule has 0 radical (unpaired) electrons. The fraction of sp³-hybridized carbons (Fsp3) is 0.417. The van der Waals surface area contributed by atoms with Gasteiger partial charge in [-0.15, -0.1) is 0 Å². The Morgan fingerprint density at radius 1 is 1.28 bits per heavy atom. The van der Waals surface area contributed by atoms with Crippen LogP contribution in [0.15, 0.2) is 24.3 Å². The normalized spacial score (nSPS) is 13.9. The van der Waals surface area contributed by atoms with Gasteiger partial charge in [-0.05, 0) is 17.7 Å². The molecule has 0 spiro atoms. The van der Waals surface area contributed by atoms with Crippen molar-refractivity contribution >= 4 is 5.91 Å². The molecular weight excluding hydrogens is 238 g/mol. The summed E-state index contributed by atoms with van der Waals surface area (Å²) in [5.74, 6) is -0.131. The Bertz CT molecular complexity index is 379. The molecule has 0 heterocycles. The molecule has 2 unspecified atom stereocenters. The van der Waals surface area contributed by atoms with E-state index in [-0.39, 0.29) is 19.6 Å². The van der Waals surface area contributed by atoms with E-state index in [1.165, 1.54) is 0 Å². The number of rotatable bonds is 7. The van der Waals surface area contributed by atoms with Crippen LogP contribution in [0.3, 0.4) is 0 Å². The van der Waals surface area contributed by atoms with Crippen molar-refractivity contribution in [1.29, 1.82) is 0 Å². The summed E-state index contributed by atoms with van der Waals surface area (Å²) in [7, 11) is 0. The quantitative estimate of drug-likeness (QED) is 0.516. The first kappa shape index (κ1) is 14.4. The highest BCUT2D eigenvalue weighted by Crippen LogP contribution is 2.21. The van der Waals surface area contributed by atoms with E-state index in [0.29, 0.717) is 11.3 Å². The number of ether oxygens (including phenoxy) is 1. The molecule has 0 fully saturated rings. The number of benzene rings is 1. The van der Waals surface area contributed by atoms with Gasteiger partial charge in [0, 0.05) is 0 Å². The number of aliphatic hydroxyl groups is 3. The van der Waals surface area contributed by atoms with Crippen LogP contribution < -0.4 is 10.5 Å². The number of amides is 1. The summed E-state index contributed by atoms with van der Waals surface area (Å²) >= 11 is 0. The number of hydrogen-bond acceptors (Lipinski definition) is 5. The van der Waals surface area contributed by atoms with Crippen LogP contribution in [0.5, 0.6) is 5.75 Å². The molecule has 0 aliphatic rings. The van der Waals surface area contributed by atoms with Gasteiger partial charge in [0.1, 0.15) is 18.5 Å². The first-order valence-corrected chi connectivity index (χ1v) is 5.52. The number of aliphatic hydroxyl groups excluding tert-OH is 3. The van der Waals surface area contributed by atoms with E-state index in [4.69, 9.17) is 15.6 Å². The second-order valence-electron chi connectivity index (χ2n) is 3.82. The molecule has 0 aromatic heterocycles. The highest BCUT2D eigenvalue weighted by Gasteiger charge is 2.20. The molecule has 0 bridgehead atoms. The molecule has 2 atom stereocenters. The number of primary amides is 1. The van der Waals surface area contributed by atoms with Crippen molar-refractivity contribution in [2.75, 3.05) is 13.2 Å². The molecule has 0 aliphatic carbocycles. The van der Waals surface area contributed by atoms with Crippen molar-refractivity contribution in [3.8, 4) is 5.75 Å². The Kier molecular flexibility index (Phi) is 5.57. The van der Waals surface area contributed by atoms with Crippen molar-refractivity contribution in [3.63, 3.8) is 0 Å². The van der Waals surface area contributed by atoms with Crippen LogP contribution in [-0.4, -0.2) is 40.5 Å². The molecule has 18 heavy (non-hydrogen) atoms. The van der Waals surface area contributed by atoms with Gasteiger partial charge in [-0.25, -0.2) is 0 Å². The molecule has 0 saturated heterocycles. The van der Waals surface area contributed by atoms with E-state index >= 15 is 0 Å². The average Bonchev–Trinajstić information content (AvgIpc) is 2.35. The van der Waals surface area contributed by atoms with Gasteiger partial charge < -0.3 is 25.8 Å². The summed E-state index contributed by atoms with van der Waals surface area (Å²) in [5, 5.41) is 27.9. The van der Waals surface area contributed by atoms with Crippen molar-refractivity contribution < 1.29 is 24.9 Å². The van der Waals surface area contributed by atoms with Crippen LogP contribution in [-0.2, 0) is 4.79 Å². The topological polar surface area (TPSA) is 113 Å². The minimum atomic E-state index is -1.23. The van der Waals surface area contributed by atoms with Crippen LogP contribution in [0, 0.1) is 0 Å². The second kappa shape index (κ2) is 6.95. The maximum atomic E-state index is 10.6. The van der Waals surface area contributed by atoms with Crippen LogP contribution in [0.1, 0.15) is 18.1 Å². The molecule has 0 aliphatic heterocycles. The fourth-order valence-corrected chi connectivity index (χ4v) is 1.46. The zero-order valence-electron chi connectivity index (χ0n) is 9.82. The zero-order valence-corrected chi connectivity index (χ0v) is 9.82. The maximum absolute atomic E-state index is 10.6. The highest BCUT2D eigenvalue weighted by atomic mass is 16.5. The summed E-state index contributed by atoms with van der Waals surface area (Å²) in [6.07, 6.45) is -2.71. The van der Waals surface area contributed by atoms with Gasteiger partial charge in [-0.3, -0.25) is 4.79 Å². The van der Waals surface area contributed by atoms with Crippen LogP contribution in [0.4, 0.5) is 0 Å². The Morgan fingerprint density at radius 3 is 2.39 bits per heavy atom. The lowest BCUT2D eigenvalue weighted by Crippen LogP contribution is -2.25. The van der Waals surface area contributed by atoms with Crippen LogP contribution in [0.25, 0.3) is 0 Å². The minimum absolute atomic E-state index is 0.0816. The number of carbonyl (C=O) groups is 1. The van der Waals surface area contributed by atoms with Gasteiger partial charge in [0.25, 0.3) is 0 Å². The van der Waals surface area contributed by atoms with E-state index in [2.05, 4.69) is 0 Å². The molecule has 6 heteroatoms. The predicted octanol–water partition coefficient (Wildman–Crippen LogP) is -0.673. The lowest BCUT2D eigenvalue weighted by atomic mass is 10.0. The number of carbonyl (C=O) groups excluding carboxylic acids is 1. The van der Waals surface area contributed by atoms with E-state index in [1.807, 2.05) is 0 Å². The molecule has 1 aromatic carbocycles. The van der Waals surface area contributed by atoms with Crippen molar-refractivity contribution in [3.05, 3.63) is 29.8 Å². The molecule has 1 amide bonds. The average molecular weight is 255 g/mol. The van der Waals surface area contributed by atoms with Gasteiger partial charge in [-0.1, -0.05) is 12.1 Å². The monoisotopic (exact) mass is 255 g/mol. The molecular formula is C12H17NO5.